The average Bonchev–Trinajstić information content (AvgIpc) is 2.42. The topological polar surface area (TPSA) is 73.6 Å². The molecular weight excluding hydrogens is 287 g/mol. The maximum absolute atomic E-state index is 14.2. The maximum Gasteiger partial charge on any atom is 0.407 e. The van der Waals surface area contributed by atoms with Gasteiger partial charge in [-0.1, -0.05) is 13.0 Å². The molecule has 1 aromatic carbocycles. The summed E-state index contributed by atoms with van der Waals surface area (Å²) in [6.45, 7) is 7.45. The number of hydrogen-bond donors (Lipinski definition) is 2. The summed E-state index contributed by atoms with van der Waals surface area (Å²) in [6, 6.07) is 4.59. The summed E-state index contributed by atoms with van der Waals surface area (Å²) in [5, 5.41) is 2.65. The van der Waals surface area contributed by atoms with Crippen LogP contribution in [0.4, 0.5) is 9.18 Å². The largest absolute Gasteiger partial charge is 0.497 e. The molecule has 0 aliphatic heterocycles. The predicted molar refractivity (Wildman–Crippen MR) is 83.6 cm³/mol. The lowest BCUT2D eigenvalue weighted by molar-refractivity contribution is 0.0516. The van der Waals surface area contributed by atoms with Gasteiger partial charge in [0, 0.05) is 24.6 Å². The Kier molecular flexibility index (Phi) is 5.77. The van der Waals surface area contributed by atoms with Crippen molar-refractivity contribution in [2.75, 3.05) is 20.2 Å². The molecule has 0 spiro atoms. The smallest absolute Gasteiger partial charge is 0.407 e. The Hall–Kier alpha value is -1.82. The molecule has 6 heteroatoms. The molecule has 5 nitrogen and oxygen atoms in total. The third-order valence-electron chi connectivity index (χ3n) is 3.30. The van der Waals surface area contributed by atoms with Gasteiger partial charge in [-0.25, -0.2) is 9.18 Å². The third-order valence-corrected chi connectivity index (χ3v) is 3.30. The van der Waals surface area contributed by atoms with Gasteiger partial charge in [0.1, 0.15) is 17.2 Å². The van der Waals surface area contributed by atoms with E-state index >= 15 is 0 Å². The van der Waals surface area contributed by atoms with Crippen molar-refractivity contribution in [3.8, 4) is 5.75 Å². The Morgan fingerprint density at radius 2 is 1.95 bits per heavy atom. The molecule has 124 valence electrons. The molecule has 1 atom stereocenters. The Bertz CT molecular complexity index is 529. The third kappa shape index (κ3) is 4.87. The molecular formula is C16H25FN2O3. The van der Waals surface area contributed by atoms with E-state index in [1.54, 1.807) is 39.8 Å². The molecule has 0 radical (unpaired) electrons. The zero-order valence-corrected chi connectivity index (χ0v) is 13.8. The molecule has 0 saturated heterocycles. The van der Waals surface area contributed by atoms with Crippen molar-refractivity contribution in [1.29, 1.82) is 0 Å². The SMILES string of the molecule is COc1ccc(C(C)(CN)CNC(=O)OC(C)(C)C)c(F)c1. The van der Waals surface area contributed by atoms with Crippen molar-refractivity contribution >= 4 is 6.09 Å². The second-order valence-corrected chi connectivity index (χ2v) is 6.47. The van der Waals surface area contributed by atoms with Crippen LogP contribution in [0.3, 0.4) is 0 Å². The van der Waals surface area contributed by atoms with E-state index in [1.807, 2.05) is 0 Å². The summed E-state index contributed by atoms with van der Waals surface area (Å²) in [5.41, 5.74) is 4.89. The number of nitrogens with two attached hydrogens (primary N) is 1. The van der Waals surface area contributed by atoms with Crippen molar-refractivity contribution in [1.82, 2.24) is 5.32 Å². The molecule has 0 heterocycles. The summed E-state index contributed by atoms with van der Waals surface area (Å²) in [6.07, 6.45) is -0.555. The van der Waals surface area contributed by atoms with Crippen LogP contribution in [-0.4, -0.2) is 31.9 Å². The highest BCUT2D eigenvalue weighted by Gasteiger charge is 2.30. The van der Waals surface area contributed by atoms with Gasteiger partial charge in [-0.3, -0.25) is 0 Å². The van der Waals surface area contributed by atoms with Gasteiger partial charge in [0.25, 0.3) is 0 Å². The van der Waals surface area contributed by atoms with Gasteiger partial charge in [0.2, 0.25) is 0 Å². The first-order valence-corrected chi connectivity index (χ1v) is 7.12. The van der Waals surface area contributed by atoms with E-state index in [-0.39, 0.29) is 13.1 Å². The number of carbonyl (C=O) groups is 1. The van der Waals surface area contributed by atoms with Crippen LogP contribution in [0, 0.1) is 5.82 Å². The van der Waals surface area contributed by atoms with Crippen molar-refractivity contribution in [3.05, 3.63) is 29.6 Å². The highest BCUT2D eigenvalue weighted by atomic mass is 19.1. The van der Waals surface area contributed by atoms with Crippen molar-refractivity contribution in [3.63, 3.8) is 0 Å². The minimum Gasteiger partial charge on any atom is -0.497 e. The van der Waals surface area contributed by atoms with Gasteiger partial charge in [-0.15, -0.1) is 0 Å². The Morgan fingerprint density at radius 1 is 1.32 bits per heavy atom. The van der Waals surface area contributed by atoms with Crippen LogP contribution in [0.5, 0.6) is 5.75 Å². The highest BCUT2D eigenvalue weighted by molar-refractivity contribution is 5.67. The Morgan fingerprint density at radius 3 is 2.41 bits per heavy atom. The van der Waals surface area contributed by atoms with Crippen LogP contribution in [0.25, 0.3) is 0 Å². The average molecular weight is 312 g/mol. The summed E-state index contributed by atoms with van der Waals surface area (Å²) in [5.74, 6) is 0.0130. The number of methoxy groups -OCH3 is 1. The van der Waals surface area contributed by atoms with Gasteiger partial charge < -0.3 is 20.5 Å². The number of carbonyl (C=O) groups excluding carboxylic acids is 1. The number of rotatable bonds is 5. The molecule has 0 aliphatic rings. The molecule has 1 aromatic rings. The minimum absolute atomic E-state index is 0.168. The van der Waals surface area contributed by atoms with Crippen LogP contribution in [0.1, 0.15) is 33.3 Å². The number of amides is 1. The lowest BCUT2D eigenvalue weighted by atomic mass is 9.82. The van der Waals surface area contributed by atoms with E-state index in [4.69, 9.17) is 15.2 Å². The zero-order valence-electron chi connectivity index (χ0n) is 13.8. The fourth-order valence-electron chi connectivity index (χ4n) is 1.97. The first-order chi connectivity index (χ1) is 10.1. The fourth-order valence-corrected chi connectivity index (χ4v) is 1.97. The Labute approximate surface area is 131 Å². The van der Waals surface area contributed by atoms with Crippen molar-refractivity contribution in [2.24, 2.45) is 5.73 Å². The van der Waals surface area contributed by atoms with Gasteiger partial charge >= 0.3 is 6.09 Å². The van der Waals surface area contributed by atoms with Gasteiger partial charge in [0.15, 0.2) is 0 Å². The minimum atomic E-state index is -0.743. The molecule has 0 aromatic heterocycles. The molecule has 1 unspecified atom stereocenters. The molecule has 0 aliphatic carbocycles. The quantitative estimate of drug-likeness (QED) is 0.876. The van der Waals surface area contributed by atoms with Crippen LogP contribution in [-0.2, 0) is 10.2 Å². The van der Waals surface area contributed by atoms with Gasteiger partial charge in [-0.2, -0.15) is 0 Å². The first-order valence-electron chi connectivity index (χ1n) is 7.12. The fraction of sp³-hybridized carbons (Fsp3) is 0.562. The number of benzene rings is 1. The zero-order chi connectivity index (χ0) is 17.0. The van der Waals surface area contributed by atoms with Crippen LogP contribution in [0.15, 0.2) is 18.2 Å². The van der Waals surface area contributed by atoms with Gasteiger partial charge in [-0.05, 0) is 32.4 Å². The van der Waals surface area contributed by atoms with Crippen LogP contribution >= 0.6 is 0 Å². The molecule has 0 saturated carbocycles. The normalized spacial score (nSPS) is 14.1. The number of hydrogen-bond acceptors (Lipinski definition) is 4. The number of alkyl carbamates (subject to hydrolysis) is 1. The van der Waals surface area contributed by atoms with Crippen LogP contribution in [0.2, 0.25) is 0 Å². The van der Waals surface area contributed by atoms with E-state index in [9.17, 15) is 9.18 Å². The van der Waals surface area contributed by atoms with Gasteiger partial charge in [0.05, 0.1) is 7.11 Å². The highest BCUT2D eigenvalue weighted by Crippen LogP contribution is 2.27. The van der Waals surface area contributed by atoms with E-state index in [0.29, 0.717) is 11.3 Å². The summed E-state index contributed by atoms with van der Waals surface area (Å²) in [4.78, 5) is 11.8. The second kappa shape index (κ2) is 6.96. The predicted octanol–water partition coefficient (Wildman–Crippen LogP) is 2.58. The second-order valence-electron chi connectivity index (χ2n) is 6.47. The van der Waals surface area contributed by atoms with E-state index in [2.05, 4.69) is 5.32 Å². The summed E-state index contributed by atoms with van der Waals surface area (Å²) in [7, 11) is 1.47. The molecule has 1 amide bonds. The maximum atomic E-state index is 14.2. The number of nitrogens with one attached hydrogen (secondary N) is 1. The van der Waals surface area contributed by atoms with E-state index in [1.165, 1.54) is 13.2 Å². The number of halogens is 1. The van der Waals surface area contributed by atoms with Crippen LogP contribution < -0.4 is 15.8 Å². The lowest BCUT2D eigenvalue weighted by Gasteiger charge is -2.30. The van der Waals surface area contributed by atoms with E-state index < -0.39 is 22.9 Å². The molecule has 0 fully saturated rings. The lowest BCUT2D eigenvalue weighted by Crippen LogP contribution is -2.45. The molecule has 3 N–H and O–H groups in total. The monoisotopic (exact) mass is 312 g/mol. The first kappa shape index (κ1) is 18.2. The Balaban J connectivity index is 2.86. The molecule has 0 bridgehead atoms. The van der Waals surface area contributed by atoms with Crippen molar-refractivity contribution in [2.45, 2.75) is 38.7 Å². The summed E-state index contributed by atoms with van der Waals surface area (Å²) < 4.78 is 24.4. The molecule has 22 heavy (non-hydrogen) atoms. The molecule has 1 rings (SSSR count). The standard InChI is InChI=1S/C16H25FN2O3/c1-15(2,3)22-14(20)19-10-16(4,9-18)12-7-6-11(21-5)8-13(12)17/h6-8H,9-10,18H2,1-5H3,(H,19,20). The van der Waals surface area contributed by atoms with Crippen molar-refractivity contribution < 1.29 is 18.7 Å². The summed E-state index contributed by atoms with van der Waals surface area (Å²) >= 11 is 0. The van der Waals surface area contributed by atoms with E-state index in [0.717, 1.165) is 0 Å². The number of ether oxygens (including phenoxy) is 2.